The summed E-state index contributed by atoms with van der Waals surface area (Å²) in [4.78, 5) is 5.08. The van der Waals surface area contributed by atoms with Crippen LogP contribution in [0.3, 0.4) is 0 Å². The van der Waals surface area contributed by atoms with Crippen molar-refractivity contribution < 1.29 is 0 Å². The Morgan fingerprint density at radius 2 is 1.86 bits per heavy atom. The molecule has 0 amide bonds. The Balaban J connectivity index is 1.36. The van der Waals surface area contributed by atoms with E-state index in [1.165, 1.54) is 63.0 Å². The van der Waals surface area contributed by atoms with Gasteiger partial charge in [-0.15, -0.1) is 0 Å². The summed E-state index contributed by atoms with van der Waals surface area (Å²) < 4.78 is 0. The van der Waals surface area contributed by atoms with E-state index in [-0.39, 0.29) is 0 Å². The molecule has 1 saturated heterocycles. The molecule has 0 saturated carbocycles. The van der Waals surface area contributed by atoms with Crippen LogP contribution in [0.2, 0.25) is 0 Å². The zero-order valence-electron chi connectivity index (χ0n) is 13.7. The molecule has 1 aromatic rings. The van der Waals surface area contributed by atoms with Crippen LogP contribution in [0.25, 0.3) is 0 Å². The maximum Gasteiger partial charge on any atom is 0.0419 e. The lowest BCUT2D eigenvalue weighted by Crippen LogP contribution is -2.36. The van der Waals surface area contributed by atoms with Gasteiger partial charge in [-0.2, -0.15) is 0 Å². The van der Waals surface area contributed by atoms with E-state index in [4.69, 9.17) is 5.73 Å². The number of rotatable bonds is 7. The number of nitrogens with two attached hydrogens (primary N) is 1. The smallest absolute Gasteiger partial charge is 0.0419 e. The molecule has 0 atom stereocenters. The van der Waals surface area contributed by atoms with Crippen LogP contribution in [0, 0.1) is 0 Å². The molecule has 2 aliphatic heterocycles. The summed E-state index contributed by atoms with van der Waals surface area (Å²) in [6.45, 7) is 8.32. The van der Waals surface area contributed by atoms with Crippen LogP contribution >= 0.6 is 0 Å². The summed E-state index contributed by atoms with van der Waals surface area (Å²) in [5.41, 5.74) is 9.64. The first-order valence-electron chi connectivity index (χ1n) is 8.89. The zero-order chi connectivity index (χ0) is 15.2. The van der Waals surface area contributed by atoms with Crippen molar-refractivity contribution in [3.8, 4) is 0 Å². The molecule has 122 valence electrons. The summed E-state index contributed by atoms with van der Waals surface area (Å²) in [5, 5.41) is 3.60. The number of fused-ring (bicyclic) bond motifs is 1. The monoisotopic (exact) mass is 302 g/mol. The van der Waals surface area contributed by atoms with Gasteiger partial charge in [-0.25, -0.2) is 0 Å². The third kappa shape index (κ3) is 4.14. The lowest BCUT2D eigenvalue weighted by atomic mass is 10.0. The van der Waals surface area contributed by atoms with Crippen molar-refractivity contribution >= 4 is 11.4 Å². The molecule has 0 spiro atoms. The van der Waals surface area contributed by atoms with Crippen molar-refractivity contribution in [2.75, 3.05) is 56.4 Å². The second-order valence-corrected chi connectivity index (χ2v) is 6.63. The van der Waals surface area contributed by atoms with Crippen molar-refractivity contribution in [3.63, 3.8) is 0 Å². The Morgan fingerprint density at radius 3 is 2.73 bits per heavy atom. The van der Waals surface area contributed by atoms with Crippen molar-refractivity contribution in [1.29, 1.82) is 0 Å². The van der Waals surface area contributed by atoms with Gasteiger partial charge in [0.1, 0.15) is 0 Å². The summed E-state index contributed by atoms with van der Waals surface area (Å²) in [5.74, 6) is 0. The van der Waals surface area contributed by atoms with Gasteiger partial charge in [0.2, 0.25) is 0 Å². The van der Waals surface area contributed by atoms with Crippen LogP contribution in [0.1, 0.15) is 31.2 Å². The Morgan fingerprint density at radius 1 is 1.00 bits per heavy atom. The number of hydrogen-bond acceptors (Lipinski definition) is 4. The average Bonchev–Trinajstić information content (AvgIpc) is 3.04. The maximum atomic E-state index is 5.95. The van der Waals surface area contributed by atoms with Crippen molar-refractivity contribution in [3.05, 3.63) is 23.8 Å². The molecular weight excluding hydrogens is 272 g/mol. The minimum Gasteiger partial charge on any atom is -0.399 e. The van der Waals surface area contributed by atoms with Gasteiger partial charge in [-0.1, -0.05) is 6.07 Å². The molecule has 4 nitrogen and oxygen atoms in total. The van der Waals surface area contributed by atoms with Crippen LogP contribution in [0.15, 0.2) is 18.2 Å². The van der Waals surface area contributed by atoms with Gasteiger partial charge < -0.3 is 20.9 Å². The van der Waals surface area contributed by atoms with Crippen molar-refractivity contribution in [2.45, 2.75) is 32.1 Å². The second kappa shape index (κ2) is 7.84. The number of nitrogens with zero attached hydrogens (tertiary/aromatic N) is 2. The van der Waals surface area contributed by atoms with E-state index in [1.54, 1.807) is 0 Å². The molecule has 3 N–H and O–H groups in total. The van der Waals surface area contributed by atoms with Crippen LogP contribution in [0.5, 0.6) is 0 Å². The zero-order valence-corrected chi connectivity index (χ0v) is 13.7. The molecule has 0 unspecified atom stereocenters. The quantitative estimate of drug-likeness (QED) is 0.598. The number of hydrogen-bond donors (Lipinski definition) is 2. The summed E-state index contributed by atoms with van der Waals surface area (Å²) in [6, 6.07) is 6.36. The molecule has 2 heterocycles. The molecule has 2 aliphatic rings. The van der Waals surface area contributed by atoms with Crippen molar-refractivity contribution in [2.24, 2.45) is 0 Å². The molecule has 0 radical (unpaired) electrons. The molecule has 0 bridgehead atoms. The van der Waals surface area contributed by atoms with E-state index in [0.717, 1.165) is 31.9 Å². The first-order chi connectivity index (χ1) is 10.8. The largest absolute Gasteiger partial charge is 0.399 e. The van der Waals surface area contributed by atoms with Gasteiger partial charge in [0.05, 0.1) is 0 Å². The number of benzene rings is 1. The molecule has 0 aliphatic carbocycles. The average molecular weight is 302 g/mol. The van der Waals surface area contributed by atoms with Gasteiger partial charge in [0.15, 0.2) is 0 Å². The third-order valence-corrected chi connectivity index (χ3v) is 4.91. The first-order valence-corrected chi connectivity index (χ1v) is 8.89. The fraction of sp³-hybridized carbons (Fsp3) is 0.667. The molecule has 4 heteroatoms. The van der Waals surface area contributed by atoms with E-state index in [1.807, 2.05) is 6.07 Å². The number of anilines is 2. The van der Waals surface area contributed by atoms with Gasteiger partial charge >= 0.3 is 0 Å². The Bertz CT molecular complexity index is 468. The fourth-order valence-corrected chi connectivity index (χ4v) is 3.67. The Kier molecular flexibility index (Phi) is 5.57. The SMILES string of the molecule is Nc1ccc2c(c1)N(CCNCCCN1CCCC1)CCC2. The van der Waals surface area contributed by atoms with Gasteiger partial charge in [0.25, 0.3) is 0 Å². The van der Waals surface area contributed by atoms with Crippen LogP contribution in [-0.4, -0.2) is 50.7 Å². The highest BCUT2D eigenvalue weighted by Crippen LogP contribution is 2.28. The van der Waals surface area contributed by atoms with Crippen LogP contribution in [-0.2, 0) is 6.42 Å². The Hall–Kier alpha value is -1.26. The summed E-state index contributed by atoms with van der Waals surface area (Å²) >= 11 is 0. The van der Waals surface area contributed by atoms with Crippen molar-refractivity contribution in [1.82, 2.24) is 10.2 Å². The number of nitrogen functional groups attached to an aromatic ring is 1. The van der Waals surface area contributed by atoms with E-state index < -0.39 is 0 Å². The number of nitrogens with one attached hydrogen (secondary N) is 1. The van der Waals surface area contributed by atoms with E-state index in [2.05, 4.69) is 27.2 Å². The minimum absolute atomic E-state index is 0.879. The Labute approximate surface area is 134 Å². The lowest BCUT2D eigenvalue weighted by Gasteiger charge is -2.31. The molecule has 1 aromatic carbocycles. The molecule has 3 rings (SSSR count). The highest BCUT2D eigenvalue weighted by atomic mass is 15.2. The molecular formula is C18H30N4. The minimum atomic E-state index is 0.879. The van der Waals surface area contributed by atoms with Gasteiger partial charge in [-0.3, -0.25) is 0 Å². The predicted molar refractivity (Wildman–Crippen MR) is 94.5 cm³/mol. The van der Waals surface area contributed by atoms with Gasteiger partial charge in [0, 0.05) is 31.0 Å². The van der Waals surface area contributed by atoms with Gasteiger partial charge in [-0.05, 0) is 76.0 Å². The topological polar surface area (TPSA) is 44.5 Å². The van der Waals surface area contributed by atoms with E-state index >= 15 is 0 Å². The standard InChI is InChI=1S/C18H30N4/c19-17-7-6-16-5-3-13-22(18(16)15-17)14-9-20-8-4-12-21-10-1-2-11-21/h6-7,15,20H,1-5,8-14,19H2. The predicted octanol–water partition coefficient (Wildman–Crippen LogP) is 2.10. The number of likely N-dealkylation sites (tertiary alicyclic amines) is 1. The summed E-state index contributed by atoms with van der Waals surface area (Å²) in [7, 11) is 0. The van der Waals surface area contributed by atoms with E-state index in [0.29, 0.717) is 0 Å². The highest BCUT2D eigenvalue weighted by Gasteiger charge is 2.16. The first kappa shape index (κ1) is 15.6. The second-order valence-electron chi connectivity index (χ2n) is 6.63. The third-order valence-electron chi connectivity index (χ3n) is 4.91. The lowest BCUT2D eigenvalue weighted by molar-refractivity contribution is 0.331. The maximum absolute atomic E-state index is 5.95. The van der Waals surface area contributed by atoms with Crippen LogP contribution < -0.4 is 16.0 Å². The molecule has 22 heavy (non-hydrogen) atoms. The fourth-order valence-electron chi connectivity index (χ4n) is 3.67. The normalized spacial score (nSPS) is 18.6. The van der Waals surface area contributed by atoms with E-state index in [9.17, 15) is 0 Å². The molecule has 1 fully saturated rings. The summed E-state index contributed by atoms with van der Waals surface area (Å²) in [6.07, 6.45) is 6.50. The highest BCUT2D eigenvalue weighted by molar-refractivity contribution is 5.62. The number of aryl methyl sites for hydroxylation is 1. The molecule has 0 aromatic heterocycles. The van der Waals surface area contributed by atoms with Crippen LogP contribution in [0.4, 0.5) is 11.4 Å².